The summed E-state index contributed by atoms with van der Waals surface area (Å²) in [4.78, 5) is 0. The van der Waals surface area contributed by atoms with Crippen molar-refractivity contribution in [2.24, 2.45) is 0 Å². The van der Waals surface area contributed by atoms with Crippen molar-refractivity contribution in [2.75, 3.05) is 0 Å². The summed E-state index contributed by atoms with van der Waals surface area (Å²) in [6, 6.07) is 1.48. The van der Waals surface area contributed by atoms with Crippen LogP contribution in [0.4, 0.5) is 0 Å². The molecule has 0 aliphatic carbocycles. The first-order chi connectivity index (χ1) is 11.1. The van der Waals surface area contributed by atoms with E-state index in [1.165, 1.54) is 119 Å². The maximum Gasteiger partial charge on any atom is 0.112 e. The van der Waals surface area contributed by atoms with Crippen LogP contribution in [-0.2, 0) is 0 Å². The highest BCUT2D eigenvalue weighted by atomic mass is 28.4. The van der Waals surface area contributed by atoms with Gasteiger partial charge in [-0.3, -0.25) is 0 Å². The topological polar surface area (TPSA) is 12.0 Å². The molecular weight excluding hydrogens is 310 g/mol. The van der Waals surface area contributed by atoms with Crippen molar-refractivity contribution in [1.29, 1.82) is 0 Å². The first-order valence-electron chi connectivity index (χ1n) is 10.8. The molecule has 0 amide bonds. The standard InChI is InChI=1S/C20H47NSi2/c1-4-5-6-7-8-9-10-11-12-13-14-15-16-17-18-19-20-23(2,3)21-22/h21H,4-20H2,1-3,22H3. The van der Waals surface area contributed by atoms with Crippen LogP contribution in [0.15, 0.2) is 0 Å². The Labute approximate surface area is 152 Å². The molecule has 0 heterocycles. The fraction of sp³-hybridized carbons (Fsp3) is 1.00. The van der Waals surface area contributed by atoms with Crippen molar-refractivity contribution < 1.29 is 0 Å². The van der Waals surface area contributed by atoms with Gasteiger partial charge < -0.3 is 4.65 Å². The van der Waals surface area contributed by atoms with E-state index < -0.39 is 8.24 Å². The van der Waals surface area contributed by atoms with Crippen molar-refractivity contribution in [3.05, 3.63) is 0 Å². The molecule has 0 aromatic heterocycles. The maximum atomic E-state index is 3.67. The SMILES string of the molecule is CCCCCCCCCCCCCCCCCC[Si](C)(C)N[SiH3]. The van der Waals surface area contributed by atoms with Gasteiger partial charge in [0.1, 0.15) is 8.24 Å². The fourth-order valence-electron chi connectivity index (χ4n) is 3.24. The van der Waals surface area contributed by atoms with E-state index in [0.29, 0.717) is 0 Å². The lowest BCUT2D eigenvalue weighted by atomic mass is 10.0. The van der Waals surface area contributed by atoms with E-state index in [4.69, 9.17) is 0 Å². The second kappa shape index (κ2) is 17.2. The predicted octanol–water partition coefficient (Wildman–Crippen LogP) is 6.32. The van der Waals surface area contributed by atoms with E-state index in [0.717, 1.165) is 0 Å². The minimum absolute atomic E-state index is 0.973. The van der Waals surface area contributed by atoms with Gasteiger partial charge in [-0.1, -0.05) is 123 Å². The van der Waals surface area contributed by atoms with E-state index in [1.807, 2.05) is 0 Å². The summed E-state index contributed by atoms with van der Waals surface area (Å²) in [7, 11) is 0.207. The zero-order chi connectivity index (χ0) is 17.2. The molecule has 1 nitrogen and oxygen atoms in total. The zero-order valence-electron chi connectivity index (χ0n) is 17.0. The molecule has 0 bridgehead atoms. The van der Waals surface area contributed by atoms with Crippen LogP contribution in [-0.4, -0.2) is 18.6 Å². The van der Waals surface area contributed by atoms with Crippen LogP contribution in [0, 0.1) is 0 Å². The van der Waals surface area contributed by atoms with E-state index in [2.05, 4.69) is 24.7 Å². The average Bonchev–Trinajstić information content (AvgIpc) is 2.54. The van der Waals surface area contributed by atoms with Gasteiger partial charge >= 0.3 is 0 Å². The van der Waals surface area contributed by atoms with Crippen LogP contribution < -0.4 is 4.65 Å². The van der Waals surface area contributed by atoms with E-state index in [9.17, 15) is 0 Å². The van der Waals surface area contributed by atoms with Gasteiger partial charge in [-0.2, -0.15) is 0 Å². The lowest BCUT2D eigenvalue weighted by molar-refractivity contribution is 0.531. The number of hydrogen-bond acceptors (Lipinski definition) is 1. The van der Waals surface area contributed by atoms with Gasteiger partial charge in [0.05, 0.1) is 10.4 Å². The molecule has 0 aliphatic heterocycles. The summed E-state index contributed by atoms with van der Waals surface area (Å²) in [5.74, 6) is 0. The Kier molecular flexibility index (Phi) is 17.5. The summed E-state index contributed by atoms with van der Waals surface area (Å²) in [5.41, 5.74) is 0. The summed E-state index contributed by atoms with van der Waals surface area (Å²) in [6.45, 7) is 7.25. The van der Waals surface area contributed by atoms with Crippen LogP contribution in [0.25, 0.3) is 0 Å². The normalized spacial score (nSPS) is 12.1. The minimum atomic E-state index is -0.973. The largest absolute Gasteiger partial charge is 0.367 e. The molecule has 1 N–H and O–H groups in total. The lowest BCUT2D eigenvalue weighted by Crippen LogP contribution is -2.42. The van der Waals surface area contributed by atoms with Gasteiger partial charge in [0.25, 0.3) is 0 Å². The Bertz CT molecular complexity index is 232. The molecule has 23 heavy (non-hydrogen) atoms. The van der Waals surface area contributed by atoms with Crippen LogP contribution >= 0.6 is 0 Å². The lowest BCUT2D eigenvalue weighted by Gasteiger charge is -2.21. The minimum Gasteiger partial charge on any atom is -0.367 e. The average molecular weight is 358 g/mol. The molecule has 0 aliphatic rings. The summed E-state index contributed by atoms with van der Waals surface area (Å²) >= 11 is 0. The number of nitrogens with one attached hydrogen (secondary N) is 1. The van der Waals surface area contributed by atoms with Crippen molar-refractivity contribution >= 4 is 18.6 Å². The molecule has 140 valence electrons. The molecule has 0 aromatic rings. The van der Waals surface area contributed by atoms with Gasteiger partial charge in [0, 0.05) is 0 Å². The molecule has 3 heteroatoms. The second-order valence-electron chi connectivity index (χ2n) is 8.19. The summed E-state index contributed by atoms with van der Waals surface area (Å²) in [5, 5.41) is 0. The fourth-order valence-corrected chi connectivity index (χ4v) is 5.37. The van der Waals surface area contributed by atoms with E-state index >= 15 is 0 Å². The Hall–Kier alpha value is 0.394. The monoisotopic (exact) mass is 357 g/mol. The number of unbranched alkanes of at least 4 members (excludes halogenated alkanes) is 15. The Balaban J connectivity index is 3.05. The van der Waals surface area contributed by atoms with Gasteiger partial charge in [-0.05, 0) is 6.04 Å². The van der Waals surface area contributed by atoms with Gasteiger partial charge in [0.15, 0.2) is 0 Å². The van der Waals surface area contributed by atoms with Crippen molar-refractivity contribution in [1.82, 2.24) is 4.65 Å². The first kappa shape index (κ1) is 23.4. The molecule has 0 saturated carbocycles. The summed E-state index contributed by atoms with van der Waals surface area (Å²) < 4.78 is 3.67. The molecule has 0 rings (SSSR count). The molecule has 0 spiro atoms. The van der Waals surface area contributed by atoms with Gasteiger partial charge in [0.2, 0.25) is 0 Å². The zero-order valence-corrected chi connectivity index (χ0v) is 20.0. The van der Waals surface area contributed by atoms with Gasteiger partial charge in [-0.15, -0.1) is 0 Å². The Morgan fingerprint density at radius 3 is 1.17 bits per heavy atom. The van der Waals surface area contributed by atoms with Crippen molar-refractivity contribution in [3.63, 3.8) is 0 Å². The van der Waals surface area contributed by atoms with Crippen LogP contribution in [0.1, 0.15) is 110 Å². The third-order valence-corrected chi connectivity index (χ3v) is 12.3. The highest BCUT2D eigenvalue weighted by Gasteiger charge is 2.16. The Morgan fingerprint density at radius 1 is 0.565 bits per heavy atom. The van der Waals surface area contributed by atoms with E-state index in [-0.39, 0.29) is 0 Å². The Morgan fingerprint density at radius 2 is 0.870 bits per heavy atom. The predicted molar refractivity (Wildman–Crippen MR) is 115 cm³/mol. The number of rotatable bonds is 18. The molecule has 0 radical (unpaired) electrons. The quantitative estimate of drug-likeness (QED) is 0.223. The first-order valence-corrected chi connectivity index (χ1v) is 15.0. The molecule has 0 aromatic carbocycles. The van der Waals surface area contributed by atoms with Gasteiger partial charge in [-0.25, -0.2) is 0 Å². The highest BCUT2D eigenvalue weighted by Crippen LogP contribution is 2.15. The van der Waals surface area contributed by atoms with Crippen LogP contribution in [0.5, 0.6) is 0 Å². The smallest absolute Gasteiger partial charge is 0.112 e. The molecule has 0 fully saturated rings. The second-order valence-corrected chi connectivity index (χ2v) is 14.5. The third kappa shape index (κ3) is 18.6. The molecular formula is C20H47NSi2. The van der Waals surface area contributed by atoms with Crippen molar-refractivity contribution in [3.8, 4) is 0 Å². The van der Waals surface area contributed by atoms with Crippen LogP contribution in [0.3, 0.4) is 0 Å². The van der Waals surface area contributed by atoms with Crippen LogP contribution in [0.2, 0.25) is 19.1 Å². The van der Waals surface area contributed by atoms with Crippen molar-refractivity contribution in [2.45, 2.75) is 129 Å². The third-order valence-electron chi connectivity index (χ3n) is 5.33. The molecule has 0 saturated heterocycles. The van der Waals surface area contributed by atoms with E-state index in [1.54, 1.807) is 0 Å². The molecule has 0 unspecified atom stereocenters. The molecule has 0 atom stereocenters. The number of hydrogen-bond donors (Lipinski definition) is 1. The maximum absolute atomic E-state index is 3.67. The highest BCUT2D eigenvalue weighted by molar-refractivity contribution is 6.78. The summed E-state index contributed by atoms with van der Waals surface area (Å²) in [6.07, 6.45) is 23.5.